The highest BCUT2D eigenvalue weighted by Crippen LogP contribution is 2.33. The number of nitrogens with zero attached hydrogens (tertiary/aromatic N) is 1. The number of carboxylic acids is 1. The molecule has 6 nitrogen and oxygen atoms in total. The number of sulfonamides is 1. The molecule has 1 aliphatic carbocycles. The van der Waals surface area contributed by atoms with Gasteiger partial charge in [-0.3, -0.25) is 4.79 Å². The molecule has 0 spiro atoms. The maximum Gasteiger partial charge on any atom is 0.323 e. The molecule has 21 heavy (non-hydrogen) atoms. The van der Waals surface area contributed by atoms with Crippen molar-refractivity contribution in [1.29, 1.82) is 0 Å². The Morgan fingerprint density at radius 1 is 1.43 bits per heavy atom. The zero-order chi connectivity index (χ0) is 15.6. The van der Waals surface area contributed by atoms with Crippen molar-refractivity contribution in [3.05, 3.63) is 29.8 Å². The molecule has 1 aromatic rings. The Morgan fingerprint density at radius 3 is 2.57 bits per heavy atom. The third-order valence-electron chi connectivity index (χ3n) is 3.59. The van der Waals surface area contributed by atoms with Gasteiger partial charge >= 0.3 is 5.97 Å². The predicted molar refractivity (Wildman–Crippen MR) is 77.6 cm³/mol. The van der Waals surface area contributed by atoms with Crippen LogP contribution in [0.25, 0.3) is 0 Å². The zero-order valence-corrected chi connectivity index (χ0v) is 12.8. The maximum absolute atomic E-state index is 12.5. The van der Waals surface area contributed by atoms with Crippen molar-refractivity contribution in [3.63, 3.8) is 0 Å². The van der Waals surface area contributed by atoms with Crippen LogP contribution in [0.3, 0.4) is 0 Å². The highest BCUT2D eigenvalue weighted by Gasteiger charge is 2.42. The van der Waals surface area contributed by atoms with Crippen LogP contribution in [0.2, 0.25) is 0 Å². The summed E-state index contributed by atoms with van der Waals surface area (Å²) in [6, 6.07) is 7.04. The number of rotatable bonds is 7. The minimum absolute atomic E-state index is 0.110. The van der Waals surface area contributed by atoms with Crippen molar-refractivity contribution in [1.82, 2.24) is 4.31 Å². The number of benzene rings is 1. The van der Waals surface area contributed by atoms with Gasteiger partial charge in [-0.05, 0) is 25.8 Å². The van der Waals surface area contributed by atoms with Gasteiger partial charge in [0, 0.05) is 18.2 Å². The molecule has 0 aromatic heterocycles. The highest BCUT2D eigenvalue weighted by molar-refractivity contribution is 7.90. The lowest BCUT2D eigenvalue weighted by Crippen LogP contribution is -2.42. The van der Waals surface area contributed by atoms with E-state index in [-0.39, 0.29) is 12.6 Å². The number of carboxylic acid groups (broad SMARTS) is 1. The second-order valence-electron chi connectivity index (χ2n) is 5.11. The van der Waals surface area contributed by atoms with E-state index in [9.17, 15) is 13.2 Å². The lowest BCUT2D eigenvalue weighted by Gasteiger charge is -2.24. The smallest absolute Gasteiger partial charge is 0.323 e. The van der Waals surface area contributed by atoms with Crippen LogP contribution in [0, 0.1) is 0 Å². The number of carbonyl (C=O) groups is 1. The average molecular weight is 313 g/mol. The van der Waals surface area contributed by atoms with E-state index < -0.39 is 21.2 Å². The number of hydrogen-bond donors (Lipinski definition) is 1. The fourth-order valence-corrected chi connectivity index (χ4v) is 3.73. The van der Waals surface area contributed by atoms with Crippen LogP contribution in [-0.2, 0) is 21.4 Å². The Labute approximate surface area is 124 Å². The largest absolute Gasteiger partial charge is 0.496 e. The molecule has 1 N–H and O–H groups in total. The van der Waals surface area contributed by atoms with E-state index in [1.165, 1.54) is 18.3 Å². The number of methoxy groups -OCH3 is 1. The normalized spacial score (nSPS) is 16.7. The minimum Gasteiger partial charge on any atom is -0.496 e. The summed E-state index contributed by atoms with van der Waals surface area (Å²) >= 11 is 0. The topological polar surface area (TPSA) is 83.9 Å². The maximum atomic E-state index is 12.5. The summed E-state index contributed by atoms with van der Waals surface area (Å²) in [7, 11) is -2.36. The van der Waals surface area contributed by atoms with Gasteiger partial charge in [0.25, 0.3) is 0 Å². The van der Waals surface area contributed by atoms with Gasteiger partial charge in [0.1, 0.15) is 5.75 Å². The number of ether oxygens (including phenoxy) is 1. The Hall–Kier alpha value is -1.60. The molecular formula is C14H19NO5S. The first-order valence-electron chi connectivity index (χ1n) is 6.73. The average Bonchev–Trinajstić information content (AvgIpc) is 3.28. The zero-order valence-electron chi connectivity index (χ0n) is 12.0. The van der Waals surface area contributed by atoms with Crippen molar-refractivity contribution < 1.29 is 23.1 Å². The third kappa shape index (κ3) is 3.36. The predicted octanol–water partition coefficient (Wildman–Crippen LogP) is 1.46. The second kappa shape index (κ2) is 6.03. The van der Waals surface area contributed by atoms with Crippen molar-refractivity contribution in [2.75, 3.05) is 7.11 Å². The molecule has 1 saturated carbocycles. The lowest BCUT2D eigenvalue weighted by molar-refractivity contribution is -0.136. The molecule has 116 valence electrons. The van der Waals surface area contributed by atoms with E-state index >= 15 is 0 Å². The SMILES string of the molecule is COc1ccccc1CN(C1CC1)S(=O)(=O)C(C)C(=O)O. The summed E-state index contributed by atoms with van der Waals surface area (Å²) < 4.78 is 31.4. The minimum atomic E-state index is -3.88. The summed E-state index contributed by atoms with van der Waals surface area (Å²) in [5.74, 6) is -0.734. The molecule has 0 amide bonds. The van der Waals surface area contributed by atoms with Crippen LogP contribution in [0.15, 0.2) is 24.3 Å². The van der Waals surface area contributed by atoms with E-state index in [2.05, 4.69) is 0 Å². The molecule has 7 heteroatoms. The van der Waals surface area contributed by atoms with Gasteiger partial charge < -0.3 is 9.84 Å². The quantitative estimate of drug-likeness (QED) is 0.824. The highest BCUT2D eigenvalue weighted by atomic mass is 32.2. The lowest BCUT2D eigenvalue weighted by atomic mass is 10.2. The van der Waals surface area contributed by atoms with E-state index in [0.717, 1.165) is 18.4 Å². The summed E-state index contributed by atoms with van der Waals surface area (Å²) in [6.07, 6.45) is 1.53. The van der Waals surface area contributed by atoms with E-state index in [0.29, 0.717) is 5.75 Å². The van der Waals surface area contributed by atoms with Crippen LogP contribution in [0.1, 0.15) is 25.3 Å². The fourth-order valence-electron chi connectivity index (χ4n) is 2.12. The number of aliphatic carboxylic acids is 1. The monoisotopic (exact) mass is 313 g/mol. The molecule has 0 aliphatic heterocycles. The van der Waals surface area contributed by atoms with Gasteiger partial charge in [0.05, 0.1) is 7.11 Å². The molecule has 0 heterocycles. The molecule has 1 aliphatic rings. The molecule has 1 atom stereocenters. The van der Waals surface area contributed by atoms with Crippen LogP contribution >= 0.6 is 0 Å². The summed E-state index contributed by atoms with van der Waals surface area (Å²) in [5, 5.41) is 7.55. The van der Waals surface area contributed by atoms with Crippen molar-refractivity contribution in [3.8, 4) is 5.75 Å². The Balaban J connectivity index is 2.30. The molecule has 1 aromatic carbocycles. The number of hydrogen-bond acceptors (Lipinski definition) is 4. The van der Waals surface area contributed by atoms with Crippen molar-refractivity contribution in [2.24, 2.45) is 0 Å². The van der Waals surface area contributed by atoms with Gasteiger partial charge in [-0.25, -0.2) is 8.42 Å². The van der Waals surface area contributed by atoms with Crippen LogP contribution < -0.4 is 4.74 Å². The van der Waals surface area contributed by atoms with Gasteiger partial charge in [-0.2, -0.15) is 4.31 Å². The van der Waals surface area contributed by atoms with Gasteiger partial charge in [-0.15, -0.1) is 0 Å². The summed E-state index contributed by atoms with van der Waals surface area (Å²) in [6.45, 7) is 1.34. The summed E-state index contributed by atoms with van der Waals surface area (Å²) in [4.78, 5) is 11.0. The Morgan fingerprint density at radius 2 is 2.05 bits per heavy atom. The van der Waals surface area contributed by atoms with Gasteiger partial charge in [0.15, 0.2) is 5.25 Å². The Kier molecular flexibility index (Phi) is 4.53. The van der Waals surface area contributed by atoms with Crippen molar-refractivity contribution >= 4 is 16.0 Å². The van der Waals surface area contributed by atoms with E-state index in [1.807, 2.05) is 0 Å². The van der Waals surface area contributed by atoms with E-state index in [4.69, 9.17) is 9.84 Å². The van der Waals surface area contributed by atoms with Gasteiger partial charge in [-0.1, -0.05) is 18.2 Å². The first kappa shape index (κ1) is 15.8. The first-order chi connectivity index (χ1) is 9.87. The molecule has 1 unspecified atom stereocenters. The molecule has 1 fully saturated rings. The molecule has 0 radical (unpaired) electrons. The number of para-hydroxylation sites is 1. The van der Waals surface area contributed by atoms with Crippen LogP contribution in [-0.4, -0.2) is 42.2 Å². The second-order valence-corrected chi connectivity index (χ2v) is 7.32. The van der Waals surface area contributed by atoms with Gasteiger partial charge in [0.2, 0.25) is 10.0 Å². The molecule has 0 saturated heterocycles. The third-order valence-corrected chi connectivity index (χ3v) is 5.77. The fraction of sp³-hybridized carbons (Fsp3) is 0.500. The molecular weight excluding hydrogens is 294 g/mol. The van der Waals surface area contributed by atoms with E-state index in [1.54, 1.807) is 24.3 Å². The molecule has 2 rings (SSSR count). The van der Waals surface area contributed by atoms with Crippen LogP contribution in [0.5, 0.6) is 5.75 Å². The Bertz CT molecular complexity index is 624. The molecule has 0 bridgehead atoms. The van der Waals surface area contributed by atoms with Crippen LogP contribution in [0.4, 0.5) is 0 Å². The summed E-state index contributed by atoms with van der Waals surface area (Å²) in [5.41, 5.74) is 0.730. The standard InChI is InChI=1S/C14H19NO5S/c1-10(14(16)17)21(18,19)15(12-7-8-12)9-11-5-3-4-6-13(11)20-2/h3-6,10,12H,7-9H2,1-2H3,(H,16,17). The van der Waals surface area contributed by atoms with Crippen molar-refractivity contribution in [2.45, 2.75) is 37.6 Å². The first-order valence-corrected chi connectivity index (χ1v) is 8.23.